The van der Waals surface area contributed by atoms with E-state index < -0.39 is 10.0 Å². The van der Waals surface area contributed by atoms with E-state index in [0.717, 1.165) is 17.6 Å². The Hall–Kier alpha value is -1.07. The minimum Gasteiger partial charge on any atom is -0.489 e. The molecule has 0 fully saturated rings. The second kappa shape index (κ2) is 5.32. The van der Waals surface area contributed by atoms with E-state index in [9.17, 15) is 8.42 Å². The Kier molecular flexibility index (Phi) is 4.32. The molecule has 16 heavy (non-hydrogen) atoms. The minimum atomic E-state index is -3.15. The van der Waals surface area contributed by atoms with Gasteiger partial charge in [-0.3, -0.25) is 0 Å². The first kappa shape index (κ1) is 13.0. The Balaban J connectivity index is 2.45. The highest BCUT2D eigenvalue weighted by molar-refractivity contribution is 7.88. The van der Waals surface area contributed by atoms with E-state index in [-0.39, 0.29) is 12.6 Å². The number of hydrogen-bond donors (Lipinski definition) is 1. The van der Waals surface area contributed by atoms with E-state index in [1.165, 1.54) is 0 Å². The molecule has 5 heteroatoms. The molecular formula is C11H17NO3S. The molecule has 1 aromatic carbocycles. The fourth-order valence-corrected chi connectivity index (χ4v) is 1.70. The van der Waals surface area contributed by atoms with Crippen LogP contribution in [0.15, 0.2) is 24.3 Å². The van der Waals surface area contributed by atoms with Crippen LogP contribution in [-0.4, -0.2) is 27.3 Å². The van der Waals surface area contributed by atoms with E-state index in [0.29, 0.717) is 0 Å². The average Bonchev–Trinajstić information content (AvgIpc) is 2.18. The Morgan fingerprint density at radius 1 is 1.31 bits per heavy atom. The predicted molar refractivity (Wildman–Crippen MR) is 64.1 cm³/mol. The zero-order chi connectivity index (χ0) is 12.2. The molecule has 0 saturated heterocycles. The normalized spacial score (nSPS) is 13.4. The fraction of sp³-hybridized carbons (Fsp3) is 0.455. The van der Waals surface area contributed by atoms with Crippen LogP contribution in [-0.2, 0) is 10.0 Å². The van der Waals surface area contributed by atoms with E-state index in [4.69, 9.17) is 4.74 Å². The number of aryl methyl sites for hydroxylation is 1. The molecule has 90 valence electrons. The third-order valence-corrected chi connectivity index (χ3v) is 2.68. The van der Waals surface area contributed by atoms with Gasteiger partial charge in [0.05, 0.1) is 6.26 Å². The van der Waals surface area contributed by atoms with Crippen molar-refractivity contribution in [3.8, 4) is 5.75 Å². The summed E-state index contributed by atoms with van der Waals surface area (Å²) in [6.45, 7) is 4.09. The van der Waals surface area contributed by atoms with Gasteiger partial charge in [0.2, 0.25) is 10.0 Å². The number of rotatable bonds is 5. The van der Waals surface area contributed by atoms with Gasteiger partial charge in [0, 0.05) is 6.54 Å². The molecule has 0 aromatic heterocycles. The van der Waals surface area contributed by atoms with Gasteiger partial charge in [-0.1, -0.05) is 17.7 Å². The molecule has 4 nitrogen and oxygen atoms in total. The Labute approximate surface area is 96.7 Å². The predicted octanol–water partition coefficient (Wildman–Crippen LogP) is 1.31. The zero-order valence-electron chi connectivity index (χ0n) is 9.73. The summed E-state index contributed by atoms with van der Waals surface area (Å²) in [4.78, 5) is 0. The van der Waals surface area contributed by atoms with E-state index in [1.54, 1.807) is 0 Å². The molecule has 0 bridgehead atoms. The van der Waals surface area contributed by atoms with Gasteiger partial charge in [0.25, 0.3) is 0 Å². The molecule has 0 aliphatic heterocycles. The van der Waals surface area contributed by atoms with Crippen molar-refractivity contribution in [3.05, 3.63) is 29.8 Å². The molecule has 0 amide bonds. The lowest BCUT2D eigenvalue weighted by Gasteiger charge is -2.14. The van der Waals surface area contributed by atoms with Crippen molar-refractivity contribution < 1.29 is 13.2 Å². The summed E-state index contributed by atoms with van der Waals surface area (Å²) >= 11 is 0. The summed E-state index contributed by atoms with van der Waals surface area (Å²) in [5.41, 5.74) is 1.16. The third-order valence-electron chi connectivity index (χ3n) is 1.99. The Morgan fingerprint density at radius 3 is 2.38 bits per heavy atom. The molecule has 0 aliphatic rings. The van der Waals surface area contributed by atoms with Crippen molar-refractivity contribution >= 4 is 10.0 Å². The summed E-state index contributed by atoms with van der Waals surface area (Å²) < 4.78 is 29.7. The first-order valence-electron chi connectivity index (χ1n) is 5.05. The monoisotopic (exact) mass is 243 g/mol. The largest absolute Gasteiger partial charge is 0.489 e. The second-order valence-corrected chi connectivity index (χ2v) is 5.70. The van der Waals surface area contributed by atoms with E-state index in [1.807, 2.05) is 38.1 Å². The first-order chi connectivity index (χ1) is 7.37. The maximum atomic E-state index is 10.9. The van der Waals surface area contributed by atoms with Gasteiger partial charge in [-0.2, -0.15) is 0 Å². The van der Waals surface area contributed by atoms with Crippen molar-refractivity contribution in [2.75, 3.05) is 12.8 Å². The molecule has 0 spiro atoms. The number of benzene rings is 1. The van der Waals surface area contributed by atoms with Gasteiger partial charge in [-0.25, -0.2) is 13.1 Å². The van der Waals surface area contributed by atoms with Gasteiger partial charge in [0.1, 0.15) is 11.9 Å². The van der Waals surface area contributed by atoms with Crippen LogP contribution in [0.5, 0.6) is 5.75 Å². The summed E-state index contributed by atoms with van der Waals surface area (Å²) in [5, 5.41) is 0. The van der Waals surface area contributed by atoms with Crippen LogP contribution in [0.25, 0.3) is 0 Å². The maximum Gasteiger partial charge on any atom is 0.208 e. The molecule has 0 heterocycles. The van der Waals surface area contributed by atoms with E-state index in [2.05, 4.69) is 4.72 Å². The van der Waals surface area contributed by atoms with Crippen LogP contribution in [0.4, 0.5) is 0 Å². The van der Waals surface area contributed by atoms with Crippen molar-refractivity contribution in [2.24, 2.45) is 0 Å². The molecular weight excluding hydrogens is 226 g/mol. The lowest BCUT2D eigenvalue weighted by Crippen LogP contribution is -2.32. The molecule has 1 N–H and O–H groups in total. The fourth-order valence-electron chi connectivity index (χ4n) is 1.16. The van der Waals surface area contributed by atoms with Crippen molar-refractivity contribution in [2.45, 2.75) is 20.0 Å². The Bertz CT molecular complexity index is 425. The summed E-state index contributed by atoms with van der Waals surface area (Å²) in [6.07, 6.45) is 0.934. The summed E-state index contributed by atoms with van der Waals surface area (Å²) in [5.74, 6) is 0.744. The highest BCUT2D eigenvalue weighted by atomic mass is 32.2. The Morgan fingerprint density at radius 2 is 1.88 bits per heavy atom. The summed E-state index contributed by atoms with van der Waals surface area (Å²) in [6, 6.07) is 7.64. The van der Waals surface area contributed by atoms with Crippen LogP contribution in [0.2, 0.25) is 0 Å². The van der Waals surface area contributed by atoms with Crippen molar-refractivity contribution in [3.63, 3.8) is 0 Å². The van der Waals surface area contributed by atoms with Crippen LogP contribution in [0.1, 0.15) is 12.5 Å². The number of ether oxygens (including phenoxy) is 1. The summed E-state index contributed by atoms with van der Waals surface area (Å²) in [7, 11) is -3.15. The molecule has 1 atom stereocenters. The first-order valence-corrected chi connectivity index (χ1v) is 6.94. The average molecular weight is 243 g/mol. The van der Waals surface area contributed by atoms with Crippen LogP contribution in [0, 0.1) is 6.92 Å². The molecule has 0 saturated carbocycles. The van der Waals surface area contributed by atoms with Crippen molar-refractivity contribution in [1.82, 2.24) is 4.72 Å². The lowest BCUT2D eigenvalue weighted by molar-refractivity contribution is 0.225. The highest BCUT2D eigenvalue weighted by Crippen LogP contribution is 2.12. The number of hydrogen-bond acceptors (Lipinski definition) is 3. The van der Waals surface area contributed by atoms with Crippen LogP contribution >= 0.6 is 0 Å². The van der Waals surface area contributed by atoms with Crippen LogP contribution in [0.3, 0.4) is 0 Å². The van der Waals surface area contributed by atoms with E-state index >= 15 is 0 Å². The van der Waals surface area contributed by atoms with Gasteiger partial charge in [-0.15, -0.1) is 0 Å². The third kappa shape index (κ3) is 5.14. The molecule has 0 radical (unpaired) electrons. The maximum absolute atomic E-state index is 10.9. The molecule has 0 aliphatic carbocycles. The van der Waals surface area contributed by atoms with Gasteiger partial charge in [-0.05, 0) is 26.0 Å². The zero-order valence-corrected chi connectivity index (χ0v) is 10.5. The quantitative estimate of drug-likeness (QED) is 0.848. The number of sulfonamides is 1. The lowest BCUT2D eigenvalue weighted by atomic mass is 10.2. The minimum absolute atomic E-state index is 0.197. The second-order valence-electron chi connectivity index (χ2n) is 3.86. The molecule has 1 aromatic rings. The van der Waals surface area contributed by atoms with Gasteiger partial charge < -0.3 is 4.74 Å². The number of nitrogens with one attached hydrogen (secondary N) is 1. The van der Waals surface area contributed by atoms with Gasteiger partial charge in [0.15, 0.2) is 0 Å². The van der Waals surface area contributed by atoms with Crippen LogP contribution < -0.4 is 9.46 Å². The highest BCUT2D eigenvalue weighted by Gasteiger charge is 2.07. The SMILES string of the molecule is Cc1ccc(O[C@H](C)CNS(C)(=O)=O)cc1. The molecule has 0 unspecified atom stereocenters. The van der Waals surface area contributed by atoms with Gasteiger partial charge >= 0.3 is 0 Å². The topological polar surface area (TPSA) is 55.4 Å². The smallest absolute Gasteiger partial charge is 0.208 e. The standard InChI is InChI=1S/C11H17NO3S/c1-9-4-6-11(7-5-9)15-10(2)8-12-16(3,13)14/h4-7,10,12H,8H2,1-3H3/t10-/m1/s1. The molecule has 1 rings (SSSR count). The van der Waals surface area contributed by atoms with Crippen molar-refractivity contribution in [1.29, 1.82) is 0 Å².